The maximum absolute atomic E-state index is 12.1. The lowest BCUT2D eigenvalue weighted by atomic mass is 10.1. The summed E-state index contributed by atoms with van der Waals surface area (Å²) in [6, 6.07) is 16.0. The molecule has 1 aliphatic carbocycles. The number of hydrogen-bond donors (Lipinski definition) is 0. The van der Waals surface area contributed by atoms with Crippen LogP contribution >= 0.6 is 0 Å². The lowest BCUT2D eigenvalue weighted by Gasteiger charge is -2.05. The van der Waals surface area contributed by atoms with Gasteiger partial charge in [-0.2, -0.15) is 5.10 Å². The van der Waals surface area contributed by atoms with Crippen molar-refractivity contribution < 1.29 is 4.79 Å². The highest BCUT2D eigenvalue weighted by atomic mass is 16.1. The Morgan fingerprint density at radius 1 is 1.12 bits per heavy atom. The molecule has 4 aromatic rings. The summed E-state index contributed by atoms with van der Waals surface area (Å²) in [7, 11) is 0. The number of Topliss-reactive ketones (excluding diaryl/α,β-unsaturated/α-hetero) is 1. The van der Waals surface area contributed by atoms with Crippen LogP contribution in [0.4, 0.5) is 0 Å². The van der Waals surface area contributed by atoms with Crippen LogP contribution in [-0.2, 0) is 11.2 Å². The molecule has 0 amide bonds. The fraction of sp³-hybridized carbons (Fsp3) is 0.200. The molecular weight excluding hydrogens is 312 g/mol. The molecule has 25 heavy (non-hydrogen) atoms. The van der Waals surface area contributed by atoms with E-state index in [1.807, 2.05) is 48.7 Å². The van der Waals surface area contributed by atoms with E-state index in [2.05, 4.69) is 21.1 Å². The minimum Gasteiger partial charge on any atom is -0.299 e. The molecule has 0 spiro atoms. The number of nitrogens with zero attached hydrogens (tertiary/aromatic N) is 4. The third kappa shape index (κ3) is 2.58. The van der Waals surface area contributed by atoms with Crippen LogP contribution in [0.15, 0.2) is 54.7 Å². The van der Waals surface area contributed by atoms with E-state index in [1.165, 1.54) is 0 Å². The molecule has 0 saturated heterocycles. The number of hydrogen-bond acceptors (Lipinski definition) is 4. The second-order valence-corrected chi connectivity index (χ2v) is 6.54. The van der Waals surface area contributed by atoms with Gasteiger partial charge < -0.3 is 0 Å². The molecule has 1 aliphatic rings. The van der Waals surface area contributed by atoms with Gasteiger partial charge in [0.25, 0.3) is 0 Å². The van der Waals surface area contributed by atoms with Gasteiger partial charge in [-0.05, 0) is 37.1 Å². The SMILES string of the molecule is O=C(Cc1nc2cccc(-c3cnc4ccccc4c3)n2n1)C1CC1. The molecule has 122 valence electrons. The van der Waals surface area contributed by atoms with E-state index in [-0.39, 0.29) is 11.7 Å². The number of fused-ring (bicyclic) bond motifs is 2. The molecular formula is C20H16N4O. The summed E-state index contributed by atoms with van der Waals surface area (Å²) in [5.41, 5.74) is 3.62. The monoisotopic (exact) mass is 328 g/mol. The van der Waals surface area contributed by atoms with E-state index >= 15 is 0 Å². The van der Waals surface area contributed by atoms with Gasteiger partial charge in [0.2, 0.25) is 0 Å². The molecule has 0 atom stereocenters. The topological polar surface area (TPSA) is 60.2 Å². The van der Waals surface area contributed by atoms with Crippen LogP contribution in [0, 0.1) is 5.92 Å². The smallest absolute Gasteiger partial charge is 0.159 e. The standard InChI is InChI=1S/C20H16N4O/c25-18(13-8-9-13)11-19-22-20-7-3-6-17(24(20)23-19)15-10-14-4-1-2-5-16(14)21-12-15/h1-7,10,12-13H,8-9,11H2. The van der Waals surface area contributed by atoms with Crippen molar-refractivity contribution in [2.45, 2.75) is 19.3 Å². The summed E-state index contributed by atoms with van der Waals surface area (Å²) in [5.74, 6) is 1.08. The Hall–Kier alpha value is -3.08. The van der Waals surface area contributed by atoms with Crippen LogP contribution in [0.25, 0.3) is 27.8 Å². The minimum absolute atomic E-state index is 0.232. The normalized spacial score (nSPS) is 14.2. The van der Waals surface area contributed by atoms with Gasteiger partial charge in [-0.3, -0.25) is 9.78 Å². The maximum Gasteiger partial charge on any atom is 0.159 e. The van der Waals surface area contributed by atoms with E-state index < -0.39 is 0 Å². The van der Waals surface area contributed by atoms with E-state index in [1.54, 1.807) is 4.52 Å². The highest BCUT2D eigenvalue weighted by Crippen LogP contribution is 2.31. The summed E-state index contributed by atoms with van der Waals surface area (Å²) in [4.78, 5) is 21.1. The van der Waals surface area contributed by atoms with E-state index in [9.17, 15) is 4.79 Å². The number of ketones is 1. The molecule has 1 aromatic carbocycles. The second kappa shape index (κ2) is 5.48. The molecule has 5 nitrogen and oxygen atoms in total. The molecule has 1 fully saturated rings. The fourth-order valence-corrected chi connectivity index (χ4v) is 3.16. The zero-order chi connectivity index (χ0) is 16.8. The molecule has 3 heterocycles. The van der Waals surface area contributed by atoms with Crippen molar-refractivity contribution in [3.8, 4) is 11.3 Å². The Bertz CT molecular complexity index is 1110. The number of para-hydroxylation sites is 1. The van der Waals surface area contributed by atoms with Crippen LogP contribution in [-0.4, -0.2) is 25.4 Å². The van der Waals surface area contributed by atoms with Crippen molar-refractivity contribution in [2.75, 3.05) is 0 Å². The van der Waals surface area contributed by atoms with E-state index in [4.69, 9.17) is 0 Å². The molecule has 0 N–H and O–H groups in total. The van der Waals surface area contributed by atoms with Crippen molar-refractivity contribution in [1.82, 2.24) is 19.6 Å². The number of aromatic nitrogens is 4. The molecule has 0 aliphatic heterocycles. The quantitative estimate of drug-likeness (QED) is 0.575. The third-order valence-corrected chi connectivity index (χ3v) is 4.65. The van der Waals surface area contributed by atoms with Gasteiger partial charge in [0.05, 0.1) is 17.6 Å². The molecule has 0 bridgehead atoms. The Labute approximate surface area is 144 Å². The highest BCUT2D eigenvalue weighted by molar-refractivity contribution is 5.85. The van der Waals surface area contributed by atoms with Gasteiger partial charge in [0, 0.05) is 23.1 Å². The van der Waals surface area contributed by atoms with Gasteiger partial charge in [0.15, 0.2) is 11.5 Å². The van der Waals surface area contributed by atoms with Crippen molar-refractivity contribution in [3.05, 3.63) is 60.6 Å². The molecule has 1 saturated carbocycles. The highest BCUT2D eigenvalue weighted by Gasteiger charge is 2.30. The number of pyridine rings is 2. The van der Waals surface area contributed by atoms with Crippen molar-refractivity contribution >= 4 is 22.3 Å². The number of carbonyl (C=O) groups excluding carboxylic acids is 1. The Morgan fingerprint density at radius 2 is 2.00 bits per heavy atom. The van der Waals surface area contributed by atoms with E-state index in [0.717, 1.165) is 40.6 Å². The van der Waals surface area contributed by atoms with Crippen LogP contribution < -0.4 is 0 Å². The third-order valence-electron chi connectivity index (χ3n) is 4.65. The Morgan fingerprint density at radius 3 is 2.88 bits per heavy atom. The summed E-state index contributed by atoms with van der Waals surface area (Å²) in [6.07, 6.45) is 4.20. The van der Waals surface area contributed by atoms with E-state index in [0.29, 0.717) is 12.2 Å². The molecule has 0 radical (unpaired) electrons. The van der Waals surface area contributed by atoms with Gasteiger partial charge in [-0.1, -0.05) is 24.3 Å². The summed E-state index contributed by atoms with van der Waals surface area (Å²) in [5, 5.41) is 5.66. The first kappa shape index (κ1) is 14.3. The molecule has 5 heteroatoms. The summed E-state index contributed by atoms with van der Waals surface area (Å²) in [6.45, 7) is 0. The van der Waals surface area contributed by atoms with Gasteiger partial charge in [-0.15, -0.1) is 0 Å². The van der Waals surface area contributed by atoms with Gasteiger partial charge >= 0.3 is 0 Å². The Balaban J connectivity index is 1.59. The number of carbonyl (C=O) groups is 1. The molecule has 0 unspecified atom stereocenters. The zero-order valence-corrected chi connectivity index (χ0v) is 13.6. The lowest BCUT2D eigenvalue weighted by molar-refractivity contribution is -0.119. The minimum atomic E-state index is 0.232. The predicted molar refractivity (Wildman–Crippen MR) is 95.2 cm³/mol. The number of rotatable bonds is 4. The largest absolute Gasteiger partial charge is 0.299 e. The first-order valence-corrected chi connectivity index (χ1v) is 8.50. The summed E-state index contributed by atoms with van der Waals surface area (Å²) < 4.78 is 1.81. The lowest BCUT2D eigenvalue weighted by Crippen LogP contribution is -2.06. The first-order chi connectivity index (χ1) is 12.3. The van der Waals surface area contributed by atoms with Crippen molar-refractivity contribution in [1.29, 1.82) is 0 Å². The Kier molecular flexibility index (Phi) is 3.13. The predicted octanol–water partition coefficient (Wildman–Crippen LogP) is 3.47. The molecule has 3 aromatic heterocycles. The second-order valence-electron chi connectivity index (χ2n) is 6.54. The maximum atomic E-state index is 12.1. The average molecular weight is 328 g/mol. The van der Waals surface area contributed by atoms with Crippen LogP contribution in [0.3, 0.4) is 0 Å². The van der Waals surface area contributed by atoms with Crippen LogP contribution in [0.2, 0.25) is 0 Å². The molecule has 5 rings (SSSR count). The van der Waals surface area contributed by atoms with Crippen molar-refractivity contribution in [3.63, 3.8) is 0 Å². The van der Waals surface area contributed by atoms with Gasteiger partial charge in [0.1, 0.15) is 5.78 Å². The zero-order valence-electron chi connectivity index (χ0n) is 13.6. The van der Waals surface area contributed by atoms with Crippen LogP contribution in [0.1, 0.15) is 18.7 Å². The van der Waals surface area contributed by atoms with Crippen molar-refractivity contribution in [2.24, 2.45) is 5.92 Å². The number of benzene rings is 1. The first-order valence-electron chi connectivity index (χ1n) is 8.50. The summed E-state index contributed by atoms with van der Waals surface area (Å²) >= 11 is 0. The van der Waals surface area contributed by atoms with Gasteiger partial charge in [-0.25, -0.2) is 9.50 Å². The fourth-order valence-electron chi connectivity index (χ4n) is 3.16. The average Bonchev–Trinajstić information content (AvgIpc) is 3.41. The van der Waals surface area contributed by atoms with Crippen LogP contribution in [0.5, 0.6) is 0 Å².